The maximum absolute atomic E-state index is 13.0. The number of nitrogens with one attached hydrogen (secondary N) is 1. The average Bonchev–Trinajstić information content (AvgIpc) is 2.71. The molecule has 0 aromatic heterocycles. The number of benzene rings is 2. The Hall–Kier alpha value is -1.98. The van der Waals surface area contributed by atoms with Crippen LogP contribution in [0.2, 0.25) is 5.02 Å². The highest BCUT2D eigenvalue weighted by Crippen LogP contribution is 2.21. The molecule has 1 N–H and O–H groups in total. The van der Waals surface area contributed by atoms with Crippen LogP contribution in [0, 0.1) is 5.92 Å². The van der Waals surface area contributed by atoms with Gasteiger partial charge >= 0.3 is 0 Å². The highest BCUT2D eigenvalue weighted by Gasteiger charge is 2.26. The molecule has 0 aliphatic heterocycles. The van der Waals surface area contributed by atoms with Crippen LogP contribution in [-0.2, 0) is 21.9 Å². The molecule has 1 atom stereocenters. The molecule has 0 radical (unpaired) electrons. The van der Waals surface area contributed by atoms with Crippen LogP contribution in [0.4, 0.5) is 0 Å². The number of hydrogen-bond acceptors (Lipinski definition) is 3. The first-order valence-corrected chi connectivity index (χ1v) is 11.3. The third kappa shape index (κ3) is 7.75. The molecule has 0 fully saturated rings. The molecular weight excluding hydrogens is 404 g/mol. The van der Waals surface area contributed by atoms with Gasteiger partial charge in [0.05, 0.1) is 5.75 Å². The fourth-order valence-corrected chi connectivity index (χ4v) is 3.96. The molecule has 0 aliphatic rings. The van der Waals surface area contributed by atoms with E-state index in [2.05, 4.69) is 5.32 Å². The quantitative estimate of drug-likeness (QED) is 0.588. The first-order chi connectivity index (χ1) is 13.9. The van der Waals surface area contributed by atoms with Crippen molar-refractivity contribution in [3.63, 3.8) is 0 Å². The summed E-state index contributed by atoms with van der Waals surface area (Å²) < 4.78 is 0. The predicted octanol–water partition coefficient (Wildman–Crippen LogP) is 4.76. The number of carbonyl (C=O) groups excluding carboxylic acids is 2. The molecule has 2 aromatic carbocycles. The van der Waals surface area contributed by atoms with Crippen molar-refractivity contribution in [2.45, 2.75) is 39.1 Å². The Morgan fingerprint density at radius 3 is 2.34 bits per heavy atom. The summed E-state index contributed by atoms with van der Waals surface area (Å²) in [5.74, 6) is 1.12. The van der Waals surface area contributed by atoms with Crippen molar-refractivity contribution in [3.05, 3.63) is 70.7 Å². The Balaban J connectivity index is 2.03. The van der Waals surface area contributed by atoms with Gasteiger partial charge in [-0.1, -0.05) is 74.0 Å². The largest absolute Gasteiger partial charge is 0.354 e. The number of carbonyl (C=O) groups is 2. The van der Waals surface area contributed by atoms with Gasteiger partial charge in [0.25, 0.3) is 0 Å². The maximum Gasteiger partial charge on any atom is 0.242 e. The summed E-state index contributed by atoms with van der Waals surface area (Å²) >= 11 is 7.71. The van der Waals surface area contributed by atoms with Crippen molar-refractivity contribution in [2.75, 3.05) is 12.3 Å². The van der Waals surface area contributed by atoms with Gasteiger partial charge < -0.3 is 10.2 Å². The van der Waals surface area contributed by atoms with Gasteiger partial charge in [-0.15, -0.1) is 11.8 Å². The zero-order valence-electron chi connectivity index (χ0n) is 17.2. The molecule has 2 aromatic rings. The molecule has 0 saturated heterocycles. The lowest BCUT2D eigenvalue weighted by Crippen LogP contribution is -2.48. The summed E-state index contributed by atoms with van der Waals surface area (Å²) in [4.78, 5) is 27.3. The summed E-state index contributed by atoms with van der Waals surface area (Å²) in [6, 6.07) is 16.8. The molecule has 0 heterocycles. The van der Waals surface area contributed by atoms with E-state index in [4.69, 9.17) is 11.6 Å². The number of thioether (sulfide) groups is 1. The summed E-state index contributed by atoms with van der Waals surface area (Å²) in [7, 11) is 0. The number of amides is 2. The number of nitrogens with zero attached hydrogens (tertiary/aromatic N) is 1. The number of hydrogen-bond donors (Lipinski definition) is 1. The summed E-state index contributed by atoms with van der Waals surface area (Å²) in [5, 5.41) is 3.64. The third-order valence-electron chi connectivity index (χ3n) is 4.49. The van der Waals surface area contributed by atoms with Crippen LogP contribution in [0.25, 0.3) is 0 Å². The van der Waals surface area contributed by atoms with E-state index in [-0.39, 0.29) is 11.8 Å². The third-order valence-corrected chi connectivity index (χ3v) is 5.82. The summed E-state index contributed by atoms with van der Waals surface area (Å²) in [6.07, 6.45) is 0. The average molecular weight is 433 g/mol. The van der Waals surface area contributed by atoms with Crippen LogP contribution in [0.15, 0.2) is 54.6 Å². The van der Waals surface area contributed by atoms with Gasteiger partial charge in [-0.25, -0.2) is 0 Å². The second kappa shape index (κ2) is 11.9. The molecule has 2 rings (SSSR count). The van der Waals surface area contributed by atoms with E-state index in [0.29, 0.717) is 35.5 Å². The molecule has 29 heavy (non-hydrogen) atoms. The van der Waals surface area contributed by atoms with Crippen molar-refractivity contribution < 1.29 is 9.59 Å². The fourth-order valence-electron chi connectivity index (χ4n) is 2.76. The van der Waals surface area contributed by atoms with Crippen LogP contribution in [0.3, 0.4) is 0 Å². The second-order valence-corrected chi connectivity index (χ2v) is 8.80. The Morgan fingerprint density at radius 1 is 1.03 bits per heavy atom. The van der Waals surface area contributed by atoms with Gasteiger partial charge in [-0.05, 0) is 30.0 Å². The summed E-state index contributed by atoms with van der Waals surface area (Å²) in [5.41, 5.74) is 2.00. The van der Waals surface area contributed by atoms with Gasteiger partial charge in [-0.2, -0.15) is 0 Å². The topological polar surface area (TPSA) is 49.4 Å². The van der Waals surface area contributed by atoms with Crippen molar-refractivity contribution in [2.24, 2.45) is 5.92 Å². The highest BCUT2D eigenvalue weighted by atomic mass is 35.5. The minimum Gasteiger partial charge on any atom is -0.354 e. The Kier molecular flexibility index (Phi) is 9.55. The molecule has 0 bridgehead atoms. The van der Waals surface area contributed by atoms with Crippen molar-refractivity contribution >= 4 is 35.2 Å². The van der Waals surface area contributed by atoms with Crippen molar-refractivity contribution in [3.8, 4) is 0 Å². The van der Waals surface area contributed by atoms with E-state index in [1.807, 2.05) is 68.4 Å². The molecular formula is C23H29ClN2O2S. The molecule has 4 nitrogen and oxygen atoms in total. The molecule has 2 amide bonds. The molecule has 6 heteroatoms. The minimum absolute atomic E-state index is 0.0573. The van der Waals surface area contributed by atoms with E-state index < -0.39 is 6.04 Å². The van der Waals surface area contributed by atoms with E-state index >= 15 is 0 Å². The van der Waals surface area contributed by atoms with Gasteiger partial charge in [0.1, 0.15) is 6.04 Å². The van der Waals surface area contributed by atoms with E-state index in [9.17, 15) is 9.59 Å². The van der Waals surface area contributed by atoms with Crippen LogP contribution in [0.5, 0.6) is 0 Å². The minimum atomic E-state index is -0.539. The normalized spacial score (nSPS) is 11.9. The Labute approximate surface area is 183 Å². The molecule has 0 saturated carbocycles. The van der Waals surface area contributed by atoms with Gasteiger partial charge in [0.15, 0.2) is 0 Å². The van der Waals surface area contributed by atoms with Crippen molar-refractivity contribution in [1.82, 2.24) is 10.2 Å². The molecule has 0 unspecified atom stereocenters. The monoisotopic (exact) mass is 432 g/mol. The first-order valence-electron chi connectivity index (χ1n) is 9.80. The lowest BCUT2D eigenvalue weighted by Gasteiger charge is -2.29. The van der Waals surface area contributed by atoms with E-state index in [1.54, 1.807) is 11.8 Å². The predicted molar refractivity (Wildman–Crippen MR) is 122 cm³/mol. The lowest BCUT2D eigenvalue weighted by molar-refractivity contribution is -0.138. The van der Waals surface area contributed by atoms with E-state index in [0.717, 1.165) is 11.1 Å². The van der Waals surface area contributed by atoms with Crippen LogP contribution in [-0.4, -0.2) is 35.1 Å². The van der Waals surface area contributed by atoms with Gasteiger partial charge in [0.2, 0.25) is 11.8 Å². The standard InChI is InChI=1S/C23H29ClN2O2S/c1-17(2)13-25-23(28)18(3)26(14-19-9-5-4-6-10-19)22(27)16-29-15-20-11-7-8-12-21(20)24/h4-12,17-18H,13-16H2,1-3H3,(H,25,28)/t18-/m0/s1. The zero-order chi connectivity index (χ0) is 21.2. The second-order valence-electron chi connectivity index (χ2n) is 7.41. The fraction of sp³-hybridized carbons (Fsp3) is 0.391. The molecule has 156 valence electrons. The van der Waals surface area contributed by atoms with Crippen LogP contribution >= 0.6 is 23.4 Å². The molecule has 0 aliphatic carbocycles. The van der Waals surface area contributed by atoms with Crippen LogP contribution < -0.4 is 5.32 Å². The smallest absolute Gasteiger partial charge is 0.242 e. The number of rotatable bonds is 10. The van der Waals surface area contributed by atoms with E-state index in [1.165, 1.54) is 11.8 Å². The Bertz CT molecular complexity index is 798. The van der Waals surface area contributed by atoms with Gasteiger partial charge in [-0.3, -0.25) is 9.59 Å². The van der Waals surface area contributed by atoms with Crippen LogP contribution in [0.1, 0.15) is 31.9 Å². The van der Waals surface area contributed by atoms with Crippen molar-refractivity contribution in [1.29, 1.82) is 0 Å². The SMILES string of the molecule is CC(C)CNC(=O)[C@H](C)N(Cc1ccccc1)C(=O)CSCc1ccccc1Cl. The lowest BCUT2D eigenvalue weighted by atomic mass is 10.1. The zero-order valence-corrected chi connectivity index (χ0v) is 18.8. The highest BCUT2D eigenvalue weighted by molar-refractivity contribution is 7.99. The summed E-state index contributed by atoms with van der Waals surface area (Å²) in [6.45, 7) is 6.88. The molecule has 0 spiro atoms. The van der Waals surface area contributed by atoms with Gasteiger partial charge in [0, 0.05) is 23.9 Å². The first kappa shape index (κ1) is 23.3. The number of halogens is 1. The Morgan fingerprint density at radius 2 is 1.69 bits per heavy atom. The maximum atomic E-state index is 13.0.